The average molecular weight is 455 g/mol. The van der Waals surface area contributed by atoms with E-state index >= 15 is 0 Å². The number of Topliss-reactive ketones (excluding diaryl/α,β-unsaturated/α-hetero) is 1. The molecule has 2 aromatic rings. The third-order valence-corrected chi connectivity index (χ3v) is 6.48. The van der Waals surface area contributed by atoms with Gasteiger partial charge in [-0.25, -0.2) is 4.98 Å². The Labute approximate surface area is 195 Å². The normalized spacial score (nSPS) is 17.1. The van der Waals surface area contributed by atoms with Gasteiger partial charge in [0.25, 0.3) is 0 Å². The zero-order chi connectivity index (χ0) is 23.8. The Morgan fingerprint density at radius 3 is 2.58 bits per heavy atom. The van der Waals surface area contributed by atoms with Crippen LogP contribution in [0.5, 0.6) is 11.5 Å². The maximum atomic E-state index is 13.6. The minimum Gasteiger partial charge on any atom is -0.486 e. The summed E-state index contributed by atoms with van der Waals surface area (Å²) in [4.78, 5) is 33.2. The fourth-order valence-corrected chi connectivity index (χ4v) is 4.60. The minimum absolute atomic E-state index is 0.0960. The number of nitrogens with zero attached hydrogens (tertiary/aromatic N) is 3. The third-order valence-electron chi connectivity index (χ3n) is 6.48. The van der Waals surface area contributed by atoms with Gasteiger partial charge in [0.05, 0.1) is 11.6 Å². The van der Waals surface area contributed by atoms with Crippen molar-refractivity contribution >= 4 is 11.7 Å². The van der Waals surface area contributed by atoms with Gasteiger partial charge in [0.2, 0.25) is 5.91 Å². The lowest BCUT2D eigenvalue weighted by molar-refractivity contribution is -0.127. The zero-order valence-electron chi connectivity index (χ0n) is 20.2. The monoisotopic (exact) mass is 454 g/mol. The Kier molecular flexibility index (Phi) is 6.47. The lowest BCUT2D eigenvalue weighted by atomic mass is 9.77. The first-order valence-corrected chi connectivity index (χ1v) is 11.6. The molecule has 0 saturated carbocycles. The van der Waals surface area contributed by atoms with Crippen molar-refractivity contribution in [3.63, 3.8) is 0 Å². The van der Waals surface area contributed by atoms with E-state index in [4.69, 9.17) is 14.5 Å². The number of ketones is 1. The second kappa shape index (κ2) is 9.17. The lowest BCUT2D eigenvalue weighted by Crippen LogP contribution is -2.37. The summed E-state index contributed by atoms with van der Waals surface area (Å²) in [5.74, 6) is 1.53. The Balaban J connectivity index is 1.75. The molecule has 0 radical (unpaired) electrons. The van der Waals surface area contributed by atoms with Crippen molar-refractivity contribution in [1.29, 1.82) is 0 Å². The molecule has 1 aromatic carbocycles. The van der Waals surface area contributed by atoms with Crippen LogP contribution in [-0.4, -0.2) is 60.0 Å². The summed E-state index contributed by atoms with van der Waals surface area (Å²) < 4.78 is 13.6. The van der Waals surface area contributed by atoms with Crippen LogP contribution in [0.1, 0.15) is 49.8 Å². The second-order valence-electron chi connectivity index (χ2n) is 9.99. The van der Waals surface area contributed by atoms with Gasteiger partial charge in [0, 0.05) is 32.1 Å². The van der Waals surface area contributed by atoms with Gasteiger partial charge in [0.1, 0.15) is 24.7 Å². The van der Waals surface area contributed by atoms with Crippen LogP contribution in [-0.2, 0) is 17.9 Å². The van der Waals surface area contributed by atoms with Gasteiger partial charge in [-0.1, -0.05) is 20.8 Å². The molecule has 0 aliphatic carbocycles. The van der Waals surface area contributed by atoms with E-state index in [2.05, 4.69) is 21.8 Å². The smallest absolute Gasteiger partial charge is 0.223 e. The molecular formula is C25H34N4O4. The number of imidazole rings is 1. The standard InChI is InChI=1S/C25H34N4O4/c1-25(2,3)17(24(31)26-4)14-19(30)22-18-15-28(5)9-6-10-29(18)23(27-22)16-7-8-20-21(13-16)33-12-11-32-20/h7-8,13,17H,6,9-12,14-15H2,1-5H3,(H,26,31)/t17-/m1/s1. The van der Waals surface area contributed by atoms with E-state index in [1.54, 1.807) is 7.05 Å². The van der Waals surface area contributed by atoms with Crippen LogP contribution in [0.4, 0.5) is 0 Å². The van der Waals surface area contributed by atoms with Gasteiger partial charge in [-0.3, -0.25) is 9.59 Å². The van der Waals surface area contributed by atoms with Gasteiger partial charge in [-0.2, -0.15) is 0 Å². The predicted molar refractivity (Wildman–Crippen MR) is 126 cm³/mol. The maximum Gasteiger partial charge on any atom is 0.223 e. The van der Waals surface area contributed by atoms with E-state index in [1.807, 2.05) is 39.0 Å². The molecule has 8 heteroatoms. The number of carbonyl (C=O) groups is 2. The SMILES string of the molecule is CNC(=O)[C@@H](CC(=O)c1nc(-c2ccc3c(c2)OCCO3)n2c1CN(C)CCC2)C(C)(C)C. The molecule has 0 bridgehead atoms. The van der Waals surface area contributed by atoms with E-state index in [-0.39, 0.29) is 23.5 Å². The van der Waals surface area contributed by atoms with E-state index in [0.29, 0.717) is 31.2 Å². The van der Waals surface area contributed by atoms with Crippen molar-refractivity contribution in [3.05, 3.63) is 29.6 Å². The second-order valence-corrected chi connectivity index (χ2v) is 9.99. The summed E-state index contributed by atoms with van der Waals surface area (Å²) in [7, 11) is 3.67. The molecule has 0 saturated heterocycles. The van der Waals surface area contributed by atoms with Crippen LogP contribution in [0, 0.1) is 11.3 Å². The Morgan fingerprint density at radius 2 is 1.88 bits per heavy atom. The topological polar surface area (TPSA) is 85.7 Å². The third kappa shape index (κ3) is 4.76. The van der Waals surface area contributed by atoms with E-state index in [0.717, 1.165) is 42.3 Å². The number of benzene rings is 1. The molecule has 2 aliphatic heterocycles. The zero-order valence-corrected chi connectivity index (χ0v) is 20.2. The van der Waals surface area contributed by atoms with Crippen LogP contribution < -0.4 is 14.8 Å². The lowest BCUT2D eigenvalue weighted by Gasteiger charge is -2.28. The van der Waals surface area contributed by atoms with Gasteiger partial charge in [0.15, 0.2) is 17.3 Å². The Hall–Kier alpha value is -2.87. The number of hydrogen-bond acceptors (Lipinski definition) is 6. The summed E-state index contributed by atoms with van der Waals surface area (Å²) in [6, 6.07) is 5.81. The molecule has 8 nitrogen and oxygen atoms in total. The van der Waals surface area contributed by atoms with Crippen molar-refractivity contribution in [1.82, 2.24) is 19.8 Å². The van der Waals surface area contributed by atoms with Crippen molar-refractivity contribution in [2.45, 2.75) is 46.7 Å². The maximum absolute atomic E-state index is 13.6. The van der Waals surface area contributed by atoms with Crippen molar-refractivity contribution in [2.24, 2.45) is 11.3 Å². The van der Waals surface area contributed by atoms with Gasteiger partial charge >= 0.3 is 0 Å². The molecule has 1 aromatic heterocycles. The number of hydrogen-bond donors (Lipinski definition) is 1. The van der Waals surface area contributed by atoms with Crippen LogP contribution in [0.15, 0.2) is 18.2 Å². The summed E-state index contributed by atoms with van der Waals surface area (Å²) in [6.45, 7) is 9.38. The van der Waals surface area contributed by atoms with Crippen LogP contribution in [0.2, 0.25) is 0 Å². The first kappa shape index (κ1) is 23.3. The Morgan fingerprint density at radius 1 is 1.15 bits per heavy atom. The van der Waals surface area contributed by atoms with Crippen molar-refractivity contribution in [2.75, 3.05) is 33.9 Å². The molecule has 0 fully saturated rings. The van der Waals surface area contributed by atoms with E-state index in [1.165, 1.54) is 0 Å². The highest BCUT2D eigenvalue weighted by molar-refractivity contribution is 5.99. The molecule has 3 heterocycles. The molecule has 33 heavy (non-hydrogen) atoms. The molecule has 0 unspecified atom stereocenters. The number of nitrogens with one attached hydrogen (secondary N) is 1. The van der Waals surface area contributed by atoms with E-state index in [9.17, 15) is 9.59 Å². The minimum atomic E-state index is -0.436. The van der Waals surface area contributed by atoms with E-state index < -0.39 is 5.92 Å². The molecular weight excluding hydrogens is 420 g/mol. The van der Waals surface area contributed by atoms with Gasteiger partial charge < -0.3 is 24.3 Å². The highest BCUT2D eigenvalue weighted by Gasteiger charge is 2.35. The van der Waals surface area contributed by atoms with Crippen molar-refractivity contribution in [3.8, 4) is 22.9 Å². The summed E-state index contributed by atoms with van der Waals surface area (Å²) in [5, 5.41) is 2.72. The molecule has 1 N–H and O–H groups in total. The van der Waals surface area contributed by atoms with Crippen LogP contribution in [0.3, 0.4) is 0 Å². The molecule has 1 atom stereocenters. The first-order valence-electron chi connectivity index (χ1n) is 11.6. The molecule has 2 aliphatic rings. The first-order chi connectivity index (χ1) is 15.7. The average Bonchev–Trinajstić information content (AvgIpc) is 3.02. The quantitative estimate of drug-likeness (QED) is 0.699. The Bertz CT molecular complexity index is 1050. The fourth-order valence-electron chi connectivity index (χ4n) is 4.60. The number of ether oxygens (including phenoxy) is 2. The molecule has 1 amide bonds. The van der Waals surface area contributed by atoms with Gasteiger partial charge in [-0.05, 0) is 43.6 Å². The number of aromatic nitrogens is 2. The molecule has 0 spiro atoms. The van der Waals surface area contributed by atoms with Crippen LogP contribution >= 0.6 is 0 Å². The number of fused-ring (bicyclic) bond motifs is 2. The summed E-state index contributed by atoms with van der Waals surface area (Å²) in [5.41, 5.74) is 1.92. The highest BCUT2D eigenvalue weighted by atomic mass is 16.6. The fraction of sp³-hybridized carbons (Fsp3) is 0.560. The van der Waals surface area contributed by atoms with Crippen LogP contribution in [0.25, 0.3) is 11.4 Å². The highest BCUT2D eigenvalue weighted by Crippen LogP contribution is 2.36. The molecule has 178 valence electrons. The predicted octanol–water partition coefficient (Wildman–Crippen LogP) is 3.14. The number of rotatable bonds is 5. The summed E-state index contributed by atoms with van der Waals surface area (Å²) >= 11 is 0. The molecule has 4 rings (SSSR count). The summed E-state index contributed by atoms with van der Waals surface area (Å²) in [6.07, 6.45) is 1.09. The number of amides is 1. The number of carbonyl (C=O) groups excluding carboxylic acids is 2. The van der Waals surface area contributed by atoms with Gasteiger partial charge in [-0.15, -0.1) is 0 Å². The largest absolute Gasteiger partial charge is 0.486 e. The van der Waals surface area contributed by atoms with Crippen molar-refractivity contribution < 1.29 is 19.1 Å².